The summed E-state index contributed by atoms with van der Waals surface area (Å²) in [5.74, 6) is -0.170. The molecule has 146 valence electrons. The topological polar surface area (TPSA) is 60.9 Å². The number of aryl methyl sites for hydroxylation is 2. The molecule has 3 amide bonds. The SMILES string of the molecule is CCc1cccc(CC)c1N1CC(C(=O)N2CCN(C(C)=O)CC2)CC1=O. The Hall–Kier alpha value is -2.37. The van der Waals surface area contributed by atoms with E-state index < -0.39 is 0 Å². The number of benzene rings is 1. The summed E-state index contributed by atoms with van der Waals surface area (Å²) in [5.41, 5.74) is 3.32. The molecular weight excluding hydrogens is 342 g/mol. The molecule has 0 saturated carbocycles. The third-order valence-corrected chi connectivity index (χ3v) is 5.75. The number of hydrogen-bond donors (Lipinski definition) is 0. The van der Waals surface area contributed by atoms with Crippen LogP contribution in [0.5, 0.6) is 0 Å². The van der Waals surface area contributed by atoms with Crippen LogP contribution in [0.2, 0.25) is 0 Å². The van der Waals surface area contributed by atoms with Crippen molar-refractivity contribution >= 4 is 23.4 Å². The fraction of sp³-hybridized carbons (Fsp3) is 0.571. The molecule has 2 heterocycles. The molecule has 1 aromatic rings. The molecule has 0 bridgehead atoms. The number of para-hydroxylation sites is 1. The van der Waals surface area contributed by atoms with Gasteiger partial charge in [-0.15, -0.1) is 0 Å². The molecule has 27 heavy (non-hydrogen) atoms. The Morgan fingerprint density at radius 3 is 2.07 bits per heavy atom. The van der Waals surface area contributed by atoms with Crippen LogP contribution in [0.4, 0.5) is 5.69 Å². The van der Waals surface area contributed by atoms with E-state index in [1.54, 1.807) is 11.8 Å². The smallest absolute Gasteiger partial charge is 0.228 e. The van der Waals surface area contributed by atoms with Crippen LogP contribution < -0.4 is 4.90 Å². The van der Waals surface area contributed by atoms with E-state index in [2.05, 4.69) is 26.0 Å². The molecule has 2 saturated heterocycles. The van der Waals surface area contributed by atoms with Gasteiger partial charge in [-0.2, -0.15) is 0 Å². The molecule has 1 atom stereocenters. The summed E-state index contributed by atoms with van der Waals surface area (Å²) in [7, 11) is 0. The van der Waals surface area contributed by atoms with E-state index in [9.17, 15) is 14.4 Å². The van der Waals surface area contributed by atoms with Gasteiger partial charge in [-0.25, -0.2) is 0 Å². The summed E-state index contributed by atoms with van der Waals surface area (Å²) in [6.07, 6.45) is 1.99. The van der Waals surface area contributed by atoms with E-state index in [1.165, 1.54) is 0 Å². The van der Waals surface area contributed by atoms with E-state index in [-0.39, 0.29) is 30.1 Å². The number of carbonyl (C=O) groups is 3. The van der Waals surface area contributed by atoms with Gasteiger partial charge in [0.2, 0.25) is 17.7 Å². The van der Waals surface area contributed by atoms with Crippen LogP contribution in [0.25, 0.3) is 0 Å². The van der Waals surface area contributed by atoms with Gasteiger partial charge in [0, 0.05) is 51.8 Å². The Bertz CT molecular complexity index is 716. The summed E-state index contributed by atoms with van der Waals surface area (Å²) in [6.45, 7) is 8.44. The fourth-order valence-electron chi connectivity index (χ4n) is 4.15. The molecule has 2 fully saturated rings. The van der Waals surface area contributed by atoms with Crippen LogP contribution in [-0.4, -0.2) is 60.2 Å². The number of carbonyl (C=O) groups excluding carboxylic acids is 3. The largest absolute Gasteiger partial charge is 0.339 e. The monoisotopic (exact) mass is 371 g/mol. The zero-order valence-electron chi connectivity index (χ0n) is 16.5. The van der Waals surface area contributed by atoms with E-state index >= 15 is 0 Å². The van der Waals surface area contributed by atoms with E-state index in [0.717, 1.165) is 29.7 Å². The molecule has 0 radical (unpaired) electrons. The van der Waals surface area contributed by atoms with Gasteiger partial charge < -0.3 is 14.7 Å². The third kappa shape index (κ3) is 3.84. The Kier molecular flexibility index (Phi) is 5.82. The molecular formula is C21H29N3O3. The third-order valence-electron chi connectivity index (χ3n) is 5.75. The van der Waals surface area contributed by atoms with Gasteiger partial charge in [-0.1, -0.05) is 32.0 Å². The minimum Gasteiger partial charge on any atom is -0.339 e. The highest BCUT2D eigenvalue weighted by atomic mass is 16.2. The second kappa shape index (κ2) is 8.11. The zero-order chi connectivity index (χ0) is 19.6. The minimum absolute atomic E-state index is 0.0336. The Labute approximate surface area is 161 Å². The van der Waals surface area contributed by atoms with Crippen molar-refractivity contribution in [1.29, 1.82) is 0 Å². The lowest BCUT2D eigenvalue weighted by Gasteiger charge is -2.35. The van der Waals surface area contributed by atoms with E-state index in [4.69, 9.17) is 0 Å². The predicted octanol–water partition coefficient (Wildman–Crippen LogP) is 1.85. The zero-order valence-corrected chi connectivity index (χ0v) is 16.5. The van der Waals surface area contributed by atoms with Crippen LogP contribution in [0.1, 0.15) is 38.3 Å². The van der Waals surface area contributed by atoms with Crippen molar-refractivity contribution in [2.45, 2.75) is 40.0 Å². The first kappa shape index (κ1) is 19.4. The fourth-order valence-corrected chi connectivity index (χ4v) is 4.15. The van der Waals surface area contributed by atoms with Crippen molar-refractivity contribution in [3.8, 4) is 0 Å². The van der Waals surface area contributed by atoms with Crippen LogP contribution in [0, 0.1) is 5.92 Å². The first-order chi connectivity index (χ1) is 13.0. The normalized spacial score (nSPS) is 20.3. The highest BCUT2D eigenvalue weighted by Crippen LogP contribution is 2.33. The first-order valence-corrected chi connectivity index (χ1v) is 9.91. The molecule has 0 spiro atoms. The molecule has 6 heteroatoms. The summed E-state index contributed by atoms with van der Waals surface area (Å²) in [6, 6.07) is 6.18. The van der Waals surface area contributed by atoms with Crippen LogP contribution in [0.15, 0.2) is 18.2 Å². The average Bonchev–Trinajstić information content (AvgIpc) is 3.07. The second-order valence-corrected chi connectivity index (χ2v) is 7.37. The van der Waals surface area contributed by atoms with E-state index in [1.807, 2.05) is 15.9 Å². The van der Waals surface area contributed by atoms with Crippen LogP contribution in [-0.2, 0) is 27.2 Å². The number of piperazine rings is 1. The van der Waals surface area contributed by atoms with Gasteiger partial charge >= 0.3 is 0 Å². The van der Waals surface area contributed by atoms with Gasteiger partial charge in [0.15, 0.2) is 0 Å². The minimum atomic E-state index is -0.295. The molecule has 6 nitrogen and oxygen atoms in total. The van der Waals surface area contributed by atoms with Crippen molar-refractivity contribution in [1.82, 2.24) is 9.80 Å². The van der Waals surface area contributed by atoms with Crippen molar-refractivity contribution in [2.24, 2.45) is 5.92 Å². The van der Waals surface area contributed by atoms with Gasteiger partial charge in [0.25, 0.3) is 0 Å². The van der Waals surface area contributed by atoms with Crippen molar-refractivity contribution in [3.05, 3.63) is 29.3 Å². The summed E-state index contributed by atoms with van der Waals surface area (Å²) < 4.78 is 0. The second-order valence-electron chi connectivity index (χ2n) is 7.37. The molecule has 1 unspecified atom stereocenters. The van der Waals surface area contributed by atoms with Crippen molar-refractivity contribution in [2.75, 3.05) is 37.6 Å². The molecule has 0 N–H and O–H groups in total. The van der Waals surface area contributed by atoms with Gasteiger partial charge in [-0.05, 0) is 24.0 Å². The lowest BCUT2D eigenvalue weighted by molar-refractivity contribution is -0.141. The summed E-state index contributed by atoms with van der Waals surface area (Å²) in [4.78, 5) is 42.6. The lowest BCUT2D eigenvalue weighted by Crippen LogP contribution is -2.51. The molecule has 2 aliphatic heterocycles. The highest BCUT2D eigenvalue weighted by molar-refractivity contribution is 6.01. The van der Waals surface area contributed by atoms with Crippen LogP contribution >= 0.6 is 0 Å². The Balaban J connectivity index is 1.73. The van der Waals surface area contributed by atoms with Crippen molar-refractivity contribution in [3.63, 3.8) is 0 Å². The van der Waals surface area contributed by atoms with Crippen molar-refractivity contribution < 1.29 is 14.4 Å². The first-order valence-electron chi connectivity index (χ1n) is 9.91. The molecule has 2 aliphatic rings. The number of hydrogen-bond acceptors (Lipinski definition) is 3. The van der Waals surface area contributed by atoms with Gasteiger partial charge in [-0.3, -0.25) is 14.4 Å². The average molecular weight is 371 g/mol. The van der Waals surface area contributed by atoms with E-state index in [0.29, 0.717) is 32.7 Å². The number of rotatable bonds is 4. The molecule has 0 aliphatic carbocycles. The molecule has 3 rings (SSSR count). The lowest BCUT2D eigenvalue weighted by atomic mass is 10.0. The summed E-state index contributed by atoms with van der Waals surface area (Å²) in [5, 5.41) is 0. The Morgan fingerprint density at radius 1 is 1.00 bits per heavy atom. The number of nitrogens with zero attached hydrogens (tertiary/aromatic N) is 3. The quantitative estimate of drug-likeness (QED) is 0.812. The maximum atomic E-state index is 13.0. The van der Waals surface area contributed by atoms with Gasteiger partial charge in [0.1, 0.15) is 0 Å². The number of amides is 3. The standard InChI is InChI=1S/C21H29N3O3/c1-4-16-7-6-8-17(5-2)20(16)24-14-18(13-19(24)26)21(27)23-11-9-22(10-12-23)15(3)25/h6-8,18H,4-5,9-14H2,1-3H3. The van der Waals surface area contributed by atoms with Crippen LogP contribution in [0.3, 0.4) is 0 Å². The molecule has 0 aromatic heterocycles. The van der Waals surface area contributed by atoms with Gasteiger partial charge in [0.05, 0.1) is 5.92 Å². The highest BCUT2D eigenvalue weighted by Gasteiger charge is 2.39. The summed E-state index contributed by atoms with van der Waals surface area (Å²) >= 11 is 0. The molecule has 1 aromatic carbocycles. The predicted molar refractivity (Wildman–Crippen MR) is 104 cm³/mol. The number of anilines is 1. The Morgan fingerprint density at radius 2 is 1.56 bits per heavy atom. The maximum absolute atomic E-state index is 13.0. The maximum Gasteiger partial charge on any atom is 0.228 e.